The smallest absolute Gasteiger partial charge is 0.307 e. The molecule has 0 aromatic heterocycles. The maximum absolute atomic E-state index is 12.6. The standard InChI is InChI=1S/C14H21NO4/c16-9-8-15(10-4-3-5-10)13(17)11-6-1-2-7-12(11)14(18)19/h1-2,10-12,16H,3-9H2,(H,18,19). The van der Waals surface area contributed by atoms with Crippen molar-refractivity contribution >= 4 is 11.9 Å². The first-order valence-electron chi connectivity index (χ1n) is 6.94. The molecule has 0 aromatic rings. The van der Waals surface area contributed by atoms with Crippen molar-refractivity contribution in [3.05, 3.63) is 12.2 Å². The van der Waals surface area contributed by atoms with Crippen LogP contribution < -0.4 is 0 Å². The molecule has 0 heterocycles. The summed E-state index contributed by atoms with van der Waals surface area (Å²) in [5.41, 5.74) is 0. The molecule has 0 radical (unpaired) electrons. The van der Waals surface area contributed by atoms with Crippen molar-refractivity contribution in [3.63, 3.8) is 0 Å². The second kappa shape index (κ2) is 6.19. The predicted molar refractivity (Wildman–Crippen MR) is 69.4 cm³/mol. The molecule has 5 nitrogen and oxygen atoms in total. The summed E-state index contributed by atoms with van der Waals surface area (Å²) in [6.45, 7) is 0.249. The van der Waals surface area contributed by atoms with Crippen LogP contribution in [0.5, 0.6) is 0 Å². The van der Waals surface area contributed by atoms with Gasteiger partial charge in [0.15, 0.2) is 0 Å². The highest BCUT2D eigenvalue weighted by molar-refractivity contribution is 5.85. The Balaban J connectivity index is 2.10. The first-order chi connectivity index (χ1) is 9.15. The molecule has 2 aliphatic rings. The Labute approximate surface area is 112 Å². The zero-order chi connectivity index (χ0) is 13.8. The quantitative estimate of drug-likeness (QED) is 0.729. The second-order valence-corrected chi connectivity index (χ2v) is 5.33. The number of rotatable bonds is 5. The number of amides is 1. The topological polar surface area (TPSA) is 77.8 Å². The average molecular weight is 267 g/mol. The number of hydrogen-bond acceptors (Lipinski definition) is 3. The number of carboxylic acids is 1. The van der Waals surface area contributed by atoms with Crippen LogP contribution in [0.1, 0.15) is 32.1 Å². The SMILES string of the molecule is O=C(O)C1CC=CCC1C(=O)N(CCO)C1CCC1. The highest BCUT2D eigenvalue weighted by Gasteiger charge is 2.39. The second-order valence-electron chi connectivity index (χ2n) is 5.33. The van der Waals surface area contributed by atoms with Crippen molar-refractivity contribution in [1.82, 2.24) is 4.90 Å². The van der Waals surface area contributed by atoms with Gasteiger partial charge in [-0.2, -0.15) is 0 Å². The highest BCUT2D eigenvalue weighted by atomic mass is 16.4. The van der Waals surface area contributed by atoms with Crippen molar-refractivity contribution in [1.29, 1.82) is 0 Å². The van der Waals surface area contributed by atoms with Gasteiger partial charge in [0.05, 0.1) is 18.4 Å². The molecule has 5 heteroatoms. The average Bonchev–Trinajstić information content (AvgIpc) is 2.35. The predicted octanol–water partition coefficient (Wildman–Crippen LogP) is 1.03. The van der Waals surface area contributed by atoms with Gasteiger partial charge in [-0.1, -0.05) is 12.2 Å². The molecule has 0 saturated heterocycles. The van der Waals surface area contributed by atoms with E-state index < -0.39 is 17.8 Å². The van der Waals surface area contributed by atoms with Gasteiger partial charge >= 0.3 is 5.97 Å². The molecular formula is C14H21NO4. The maximum atomic E-state index is 12.6. The third kappa shape index (κ3) is 2.97. The summed E-state index contributed by atoms with van der Waals surface area (Å²) >= 11 is 0. The summed E-state index contributed by atoms with van der Waals surface area (Å²) in [4.78, 5) is 25.5. The number of aliphatic hydroxyl groups excluding tert-OH is 1. The summed E-state index contributed by atoms with van der Waals surface area (Å²) in [6.07, 6.45) is 7.67. The largest absolute Gasteiger partial charge is 0.481 e. The van der Waals surface area contributed by atoms with Gasteiger partial charge in [0.1, 0.15) is 0 Å². The lowest BCUT2D eigenvalue weighted by atomic mass is 9.81. The maximum Gasteiger partial charge on any atom is 0.307 e. The fraction of sp³-hybridized carbons (Fsp3) is 0.714. The van der Waals surface area contributed by atoms with Gasteiger partial charge in [-0.25, -0.2) is 0 Å². The summed E-state index contributed by atoms with van der Waals surface area (Å²) in [5.74, 6) is -2.11. The minimum absolute atomic E-state index is 0.0669. The summed E-state index contributed by atoms with van der Waals surface area (Å²) in [5, 5.41) is 18.3. The molecule has 2 atom stereocenters. The molecule has 0 aromatic carbocycles. The van der Waals surface area contributed by atoms with Crippen LogP contribution in [-0.4, -0.2) is 46.2 Å². The van der Waals surface area contributed by atoms with E-state index in [1.807, 2.05) is 12.2 Å². The van der Waals surface area contributed by atoms with Crippen LogP contribution in [0.25, 0.3) is 0 Å². The number of allylic oxidation sites excluding steroid dienone is 2. The molecule has 2 aliphatic carbocycles. The number of hydrogen-bond donors (Lipinski definition) is 2. The zero-order valence-electron chi connectivity index (χ0n) is 11.0. The number of carbonyl (C=O) groups excluding carboxylic acids is 1. The van der Waals surface area contributed by atoms with Crippen molar-refractivity contribution in [2.45, 2.75) is 38.1 Å². The monoisotopic (exact) mass is 267 g/mol. The molecule has 0 spiro atoms. The lowest BCUT2D eigenvalue weighted by Gasteiger charge is -2.40. The van der Waals surface area contributed by atoms with E-state index in [1.54, 1.807) is 4.90 Å². The van der Waals surface area contributed by atoms with Crippen molar-refractivity contribution in [2.75, 3.05) is 13.2 Å². The normalized spacial score (nSPS) is 26.8. The lowest BCUT2D eigenvalue weighted by Crippen LogP contribution is -2.50. The van der Waals surface area contributed by atoms with E-state index in [4.69, 9.17) is 5.11 Å². The summed E-state index contributed by atoms with van der Waals surface area (Å²) in [6, 6.07) is 0.194. The van der Waals surface area contributed by atoms with E-state index in [0.717, 1.165) is 19.3 Å². The molecular weight excluding hydrogens is 246 g/mol. The van der Waals surface area contributed by atoms with Crippen LogP contribution in [0.3, 0.4) is 0 Å². The van der Waals surface area contributed by atoms with Gasteiger partial charge in [0.2, 0.25) is 5.91 Å². The first-order valence-corrected chi connectivity index (χ1v) is 6.94. The Bertz CT molecular complexity index is 376. The van der Waals surface area contributed by atoms with Crippen molar-refractivity contribution in [2.24, 2.45) is 11.8 Å². The Morgan fingerprint density at radius 3 is 2.26 bits per heavy atom. The van der Waals surface area contributed by atoms with Crippen LogP contribution in [0.2, 0.25) is 0 Å². The Morgan fingerprint density at radius 2 is 1.79 bits per heavy atom. The van der Waals surface area contributed by atoms with Crippen LogP contribution >= 0.6 is 0 Å². The lowest BCUT2D eigenvalue weighted by molar-refractivity contribution is -0.152. The Kier molecular flexibility index (Phi) is 4.58. The van der Waals surface area contributed by atoms with E-state index in [9.17, 15) is 14.7 Å². The minimum atomic E-state index is -0.903. The number of carboxylic acid groups (broad SMARTS) is 1. The van der Waals surface area contributed by atoms with Gasteiger partial charge < -0.3 is 15.1 Å². The summed E-state index contributed by atoms with van der Waals surface area (Å²) in [7, 11) is 0. The van der Waals surface area contributed by atoms with Gasteiger partial charge in [-0.15, -0.1) is 0 Å². The molecule has 2 unspecified atom stereocenters. The molecule has 1 amide bonds. The van der Waals surface area contributed by atoms with Crippen LogP contribution in [0, 0.1) is 11.8 Å². The van der Waals surface area contributed by atoms with Crippen LogP contribution in [0.15, 0.2) is 12.2 Å². The van der Waals surface area contributed by atoms with Gasteiger partial charge in [0, 0.05) is 12.6 Å². The number of nitrogens with zero attached hydrogens (tertiary/aromatic N) is 1. The molecule has 1 fully saturated rings. The fourth-order valence-corrected chi connectivity index (χ4v) is 2.85. The molecule has 106 valence electrons. The highest BCUT2D eigenvalue weighted by Crippen LogP contribution is 2.31. The third-order valence-corrected chi connectivity index (χ3v) is 4.21. The van der Waals surface area contributed by atoms with Crippen LogP contribution in [-0.2, 0) is 9.59 Å². The van der Waals surface area contributed by atoms with E-state index in [0.29, 0.717) is 19.4 Å². The number of aliphatic carboxylic acids is 1. The number of aliphatic hydroxyl groups is 1. The Morgan fingerprint density at radius 1 is 1.16 bits per heavy atom. The van der Waals surface area contributed by atoms with E-state index in [-0.39, 0.29) is 18.6 Å². The van der Waals surface area contributed by atoms with Gasteiger partial charge in [-0.05, 0) is 32.1 Å². The minimum Gasteiger partial charge on any atom is -0.481 e. The molecule has 19 heavy (non-hydrogen) atoms. The van der Waals surface area contributed by atoms with E-state index >= 15 is 0 Å². The van der Waals surface area contributed by atoms with Crippen molar-refractivity contribution in [3.8, 4) is 0 Å². The molecule has 0 aliphatic heterocycles. The number of carbonyl (C=O) groups is 2. The zero-order valence-corrected chi connectivity index (χ0v) is 11.0. The molecule has 2 N–H and O–H groups in total. The van der Waals surface area contributed by atoms with Crippen LogP contribution in [0.4, 0.5) is 0 Å². The molecule has 0 bridgehead atoms. The van der Waals surface area contributed by atoms with Gasteiger partial charge in [0.25, 0.3) is 0 Å². The van der Waals surface area contributed by atoms with E-state index in [1.165, 1.54) is 0 Å². The first kappa shape index (κ1) is 14.1. The van der Waals surface area contributed by atoms with Crippen molar-refractivity contribution < 1.29 is 19.8 Å². The van der Waals surface area contributed by atoms with E-state index in [2.05, 4.69) is 0 Å². The fourth-order valence-electron chi connectivity index (χ4n) is 2.85. The van der Waals surface area contributed by atoms with Gasteiger partial charge in [-0.3, -0.25) is 9.59 Å². The Hall–Kier alpha value is -1.36. The molecule has 1 saturated carbocycles. The molecule has 2 rings (SSSR count). The summed E-state index contributed by atoms with van der Waals surface area (Å²) < 4.78 is 0. The third-order valence-electron chi connectivity index (χ3n) is 4.21.